The first-order chi connectivity index (χ1) is 9.38. The van der Waals surface area contributed by atoms with Gasteiger partial charge in [-0.15, -0.1) is 0 Å². The van der Waals surface area contributed by atoms with Gasteiger partial charge in [0.05, 0.1) is 13.2 Å². The third-order valence-corrected chi connectivity index (χ3v) is 3.10. The summed E-state index contributed by atoms with van der Waals surface area (Å²) >= 11 is 0. The highest BCUT2D eigenvalue weighted by atomic mass is 16.8. The summed E-state index contributed by atoms with van der Waals surface area (Å²) in [6.45, 7) is 4.91. The van der Waals surface area contributed by atoms with Crippen molar-refractivity contribution in [2.75, 3.05) is 13.2 Å². The Morgan fingerprint density at radius 3 is 2.80 bits per heavy atom. The lowest BCUT2D eigenvalue weighted by atomic mass is 10.0. The van der Waals surface area contributed by atoms with E-state index in [-0.39, 0.29) is 6.61 Å². The van der Waals surface area contributed by atoms with E-state index in [2.05, 4.69) is 0 Å². The summed E-state index contributed by atoms with van der Waals surface area (Å²) in [5, 5.41) is 18.8. The highest BCUT2D eigenvalue weighted by Crippen LogP contribution is 2.41. The molecule has 0 radical (unpaired) electrons. The molecule has 7 nitrogen and oxygen atoms in total. The molecule has 0 amide bonds. The molecule has 114 valence electrons. The maximum Gasteiger partial charge on any atom is 0.330 e. The molecule has 0 aromatic rings. The van der Waals surface area contributed by atoms with Crippen LogP contribution in [0.5, 0.6) is 0 Å². The average molecular weight is 288 g/mol. The summed E-state index contributed by atoms with van der Waals surface area (Å²) in [5.74, 6) is -1.38. The second-order valence-corrected chi connectivity index (χ2v) is 5.13. The molecule has 2 aliphatic rings. The topological polar surface area (TPSA) is 94.5 Å². The third kappa shape index (κ3) is 3.02. The summed E-state index contributed by atoms with van der Waals surface area (Å²) in [5.41, 5.74) is 0.417. The number of aliphatic hydroxyl groups is 2. The number of rotatable bonds is 4. The molecule has 0 aromatic heterocycles. The van der Waals surface area contributed by atoms with E-state index in [9.17, 15) is 9.90 Å². The van der Waals surface area contributed by atoms with Crippen LogP contribution in [-0.2, 0) is 23.7 Å². The SMILES string of the molecule is CCOC(=O)/C=C1/[C@H]2OC(C)(C)O[C@H]2O[C@@H]1[C@H](O)CO. The number of aliphatic hydroxyl groups excluding tert-OH is 2. The van der Waals surface area contributed by atoms with Crippen molar-refractivity contribution in [3.05, 3.63) is 11.6 Å². The summed E-state index contributed by atoms with van der Waals surface area (Å²) in [6, 6.07) is 0. The molecule has 2 saturated heterocycles. The second kappa shape index (κ2) is 5.79. The molecular weight excluding hydrogens is 268 g/mol. The van der Waals surface area contributed by atoms with E-state index in [1.807, 2.05) is 0 Å². The first-order valence-corrected chi connectivity index (χ1v) is 6.56. The largest absolute Gasteiger partial charge is 0.463 e. The number of ether oxygens (including phenoxy) is 4. The van der Waals surface area contributed by atoms with E-state index in [0.29, 0.717) is 5.57 Å². The van der Waals surface area contributed by atoms with Crippen molar-refractivity contribution < 1.29 is 34.0 Å². The number of fused-ring (bicyclic) bond motifs is 1. The minimum absolute atomic E-state index is 0.244. The number of esters is 1. The van der Waals surface area contributed by atoms with Crippen LogP contribution in [0.2, 0.25) is 0 Å². The van der Waals surface area contributed by atoms with Gasteiger partial charge in [-0.3, -0.25) is 0 Å². The van der Waals surface area contributed by atoms with E-state index < -0.39 is 43.0 Å². The van der Waals surface area contributed by atoms with Gasteiger partial charge in [0.2, 0.25) is 0 Å². The van der Waals surface area contributed by atoms with Gasteiger partial charge in [-0.2, -0.15) is 0 Å². The number of carbonyl (C=O) groups is 1. The predicted molar refractivity (Wildman–Crippen MR) is 66.5 cm³/mol. The maximum atomic E-state index is 11.6. The van der Waals surface area contributed by atoms with Crippen molar-refractivity contribution >= 4 is 5.97 Å². The van der Waals surface area contributed by atoms with Crippen LogP contribution in [0, 0.1) is 0 Å². The quantitative estimate of drug-likeness (QED) is 0.542. The predicted octanol–water partition coefficient (Wildman–Crippen LogP) is -0.295. The molecule has 2 aliphatic heterocycles. The third-order valence-electron chi connectivity index (χ3n) is 3.10. The van der Waals surface area contributed by atoms with E-state index in [1.165, 1.54) is 6.08 Å². The van der Waals surface area contributed by atoms with Crippen LogP contribution in [0.4, 0.5) is 0 Å². The Labute approximate surface area is 117 Å². The minimum atomic E-state index is -1.16. The van der Waals surface area contributed by atoms with Crippen LogP contribution in [0.15, 0.2) is 11.6 Å². The van der Waals surface area contributed by atoms with E-state index in [1.54, 1.807) is 20.8 Å². The Hall–Kier alpha value is -0.990. The van der Waals surface area contributed by atoms with Crippen molar-refractivity contribution in [3.8, 4) is 0 Å². The zero-order valence-corrected chi connectivity index (χ0v) is 11.7. The Balaban J connectivity index is 2.23. The summed E-state index contributed by atoms with van der Waals surface area (Å²) in [6.07, 6.45) is -2.08. The zero-order chi connectivity index (χ0) is 14.9. The average Bonchev–Trinajstić information content (AvgIpc) is 2.82. The summed E-state index contributed by atoms with van der Waals surface area (Å²) < 4.78 is 21.6. The number of hydrogen-bond acceptors (Lipinski definition) is 7. The van der Waals surface area contributed by atoms with Crippen molar-refractivity contribution in [1.82, 2.24) is 0 Å². The number of carbonyl (C=O) groups excluding carboxylic acids is 1. The maximum absolute atomic E-state index is 11.6. The molecule has 2 heterocycles. The highest BCUT2D eigenvalue weighted by molar-refractivity contribution is 5.83. The van der Waals surface area contributed by atoms with Gasteiger partial charge in [0, 0.05) is 11.6 Å². The number of hydrogen-bond donors (Lipinski definition) is 2. The Morgan fingerprint density at radius 1 is 1.50 bits per heavy atom. The van der Waals surface area contributed by atoms with Gasteiger partial charge < -0.3 is 29.2 Å². The first kappa shape index (κ1) is 15.4. The molecule has 0 spiro atoms. The molecule has 2 fully saturated rings. The van der Waals surface area contributed by atoms with Crippen molar-refractivity contribution in [1.29, 1.82) is 0 Å². The van der Waals surface area contributed by atoms with Crippen LogP contribution in [0.3, 0.4) is 0 Å². The smallest absolute Gasteiger partial charge is 0.330 e. The molecule has 0 aliphatic carbocycles. The van der Waals surface area contributed by atoms with Crippen LogP contribution >= 0.6 is 0 Å². The van der Waals surface area contributed by atoms with Gasteiger partial charge in [0.25, 0.3) is 0 Å². The van der Waals surface area contributed by atoms with Crippen LogP contribution in [0.1, 0.15) is 20.8 Å². The fourth-order valence-corrected chi connectivity index (χ4v) is 2.33. The van der Waals surface area contributed by atoms with Gasteiger partial charge in [-0.1, -0.05) is 0 Å². The lowest BCUT2D eigenvalue weighted by Crippen LogP contribution is -2.34. The van der Waals surface area contributed by atoms with E-state index in [4.69, 9.17) is 24.1 Å². The Kier molecular flexibility index (Phi) is 4.46. The highest BCUT2D eigenvalue weighted by Gasteiger charge is 2.53. The molecule has 7 heteroatoms. The monoisotopic (exact) mass is 288 g/mol. The van der Waals surface area contributed by atoms with Crippen LogP contribution in [-0.4, -0.2) is 59.8 Å². The van der Waals surface area contributed by atoms with Gasteiger partial charge in [0.15, 0.2) is 12.1 Å². The molecule has 0 aromatic carbocycles. The van der Waals surface area contributed by atoms with Crippen molar-refractivity contribution in [3.63, 3.8) is 0 Å². The molecule has 4 atom stereocenters. The van der Waals surface area contributed by atoms with Crippen molar-refractivity contribution in [2.45, 2.75) is 51.2 Å². The van der Waals surface area contributed by atoms with Gasteiger partial charge in [-0.25, -0.2) is 4.79 Å². The zero-order valence-electron chi connectivity index (χ0n) is 11.7. The summed E-state index contributed by atoms with van der Waals surface area (Å²) in [4.78, 5) is 11.6. The second-order valence-electron chi connectivity index (χ2n) is 5.13. The Morgan fingerprint density at radius 2 is 2.20 bits per heavy atom. The van der Waals surface area contributed by atoms with Gasteiger partial charge in [-0.05, 0) is 20.8 Å². The van der Waals surface area contributed by atoms with Crippen molar-refractivity contribution in [2.24, 2.45) is 0 Å². The van der Waals surface area contributed by atoms with Crippen LogP contribution in [0.25, 0.3) is 0 Å². The molecule has 0 bridgehead atoms. The van der Waals surface area contributed by atoms with Gasteiger partial charge >= 0.3 is 5.97 Å². The van der Waals surface area contributed by atoms with E-state index in [0.717, 1.165) is 0 Å². The molecule has 0 unspecified atom stereocenters. The van der Waals surface area contributed by atoms with E-state index >= 15 is 0 Å². The molecule has 2 rings (SSSR count). The summed E-state index contributed by atoms with van der Waals surface area (Å²) in [7, 11) is 0. The van der Waals surface area contributed by atoms with Gasteiger partial charge in [0.1, 0.15) is 18.3 Å². The normalized spacial score (nSPS) is 35.0. The molecule has 0 saturated carbocycles. The molecule has 2 N–H and O–H groups in total. The Bertz CT molecular complexity index is 404. The first-order valence-electron chi connectivity index (χ1n) is 6.56. The molecule has 20 heavy (non-hydrogen) atoms. The fourth-order valence-electron chi connectivity index (χ4n) is 2.33. The standard InChI is InChI=1S/C13H20O7/c1-4-17-9(16)5-7-10(8(15)6-14)18-12-11(7)19-13(2,3)20-12/h5,8,10-12,14-15H,4,6H2,1-3H3/b7-5+/t8-,10+,11-,12-/m1/s1. The lowest BCUT2D eigenvalue weighted by Gasteiger charge is -2.23. The fraction of sp³-hybridized carbons (Fsp3) is 0.769. The minimum Gasteiger partial charge on any atom is -0.463 e. The molecular formula is C13H20O7. The van der Waals surface area contributed by atoms with Crippen LogP contribution < -0.4 is 0 Å². The lowest BCUT2D eigenvalue weighted by molar-refractivity contribution is -0.210.